The van der Waals surface area contributed by atoms with E-state index in [9.17, 15) is 13.2 Å². The van der Waals surface area contributed by atoms with E-state index >= 15 is 0 Å². The molecule has 0 spiro atoms. The van der Waals surface area contributed by atoms with Crippen molar-refractivity contribution >= 4 is 0 Å². The molecule has 0 saturated heterocycles. The molecule has 15 heavy (non-hydrogen) atoms. The number of hydrogen-bond acceptors (Lipinski definition) is 2. The van der Waals surface area contributed by atoms with Crippen LogP contribution in [0.3, 0.4) is 0 Å². The van der Waals surface area contributed by atoms with Crippen molar-refractivity contribution in [2.24, 2.45) is 0 Å². The normalized spacial score (nSPS) is 11.5. The third-order valence-electron chi connectivity index (χ3n) is 1.57. The Bertz CT molecular complexity index is 293. The maximum atomic E-state index is 11.8. The predicted molar refractivity (Wildman–Crippen MR) is 48.1 cm³/mol. The summed E-state index contributed by atoms with van der Waals surface area (Å²) in [6.07, 6.45) is -4.65. The first-order valence-electron chi connectivity index (χ1n) is 4.23. The second-order valence-corrected chi connectivity index (χ2v) is 2.74. The van der Waals surface area contributed by atoms with E-state index in [2.05, 4.69) is 11.7 Å². The summed E-state index contributed by atoms with van der Waals surface area (Å²) in [5.41, 5.74) is 0.771. The largest absolute Gasteiger partial charge is 0.573 e. The standard InChI is InChI=1S/C10H10F3O2/c1-2-14-7-8-3-5-9(6-4-8)15-10(11,12)13/h3-6H,1-2,7H2. The van der Waals surface area contributed by atoms with Crippen molar-refractivity contribution in [2.75, 3.05) is 6.61 Å². The van der Waals surface area contributed by atoms with Crippen LogP contribution in [0.25, 0.3) is 0 Å². The molecule has 1 radical (unpaired) electrons. The first kappa shape index (κ1) is 11.8. The Morgan fingerprint density at radius 3 is 2.20 bits per heavy atom. The van der Waals surface area contributed by atoms with Crippen LogP contribution in [0.2, 0.25) is 0 Å². The van der Waals surface area contributed by atoms with Crippen molar-refractivity contribution in [2.45, 2.75) is 13.0 Å². The van der Waals surface area contributed by atoms with E-state index in [1.807, 2.05) is 0 Å². The lowest BCUT2D eigenvalue weighted by Crippen LogP contribution is -2.17. The van der Waals surface area contributed by atoms with Gasteiger partial charge < -0.3 is 9.47 Å². The Kier molecular flexibility index (Phi) is 3.96. The maximum absolute atomic E-state index is 11.8. The highest BCUT2D eigenvalue weighted by Gasteiger charge is 2.30. The summed E-state index contributed by atoms with van der Waals surface area (Å²) in [4.78, 5) is 0. The van der Waals surface area contributed by atoms with Crippen molar-refractivity contribution in [1.29, 1.82) is 0 Å². The summed E-state index contributed by atoms with van der Waals surface area (Å²) in [5.74, 6) is -0.235. The Morgan fingerprint density at radius 2 is 1.73 bits per heavy atom. The molecule has 0 atom stereocenters. The third kappa shape index (κ3) is 4.69. The highest BCUT2D eigenvalue weighted by Crippen LogP contribution is 2.22. The second kappa shape index (κ2) is 5.02. The summed E-state index contributed by atoms with van der Waals surface area (Å²) < 4.78 is 44.1. The zero-order valence-electron chi connectivity index (χ0n) is 7.88. The molecule has 0 bridgehead atoms. The van der Waals surface area contributed by atoms with Crippen LogP contribution in [0.4, 0.5) is 13.2 Å². The van der Waals surface area contributed by atoms with Gasteiger partial charge in [-0.3, -0.25) is 0 Å². The molecule has 0 N–H and O–H groups in total. The Labute approximate surface area is 85.6 Å². The molecule has 0 fully saturated rings. The molecule has 0 aliphatic carbocycles. The fourth-order valence-corrected chi connectivity index (χ4v) is 0.977. The monoisotopic (exact) mass is 219 g/mol. The fourth-order valence-electron chi connectivity index (χ4n) is 0.977. The number of ether oxygens (including phenoxy) is 2. The van der Waals surface area contributed by atoms with Gasteiger partial charge in [0.2, 0.25) is 0 Å². The van der Waals surface area contributed by atoms with Crippen molar-refractivity contribution in [3.05, 3.63) is 36.8 Å². The van der Waals surface area contributed by atoms with Crippen molar-refractivity contribution in [3.63, 3.8) is 0 Å². The first-order valence-corrected chi connectivity index (χ1v) is 4.23. The molecule has 0 saturated carbocycles. The molecule has 1 rings (SSSR count). The van der Waals surface area contributed by atoms with Crippen LogP contribution >= 0.6 is 0 Å². The molecule has 0 aliphatic rings. The van der Waals surface area contributed by atoms with Gasteiger partial charge in [0, 0.05) is 6.61 Å². The van der Waals surface area contributed by atoms with Crippen molar-refractivity contribution < 1.29 is 22.6 Å². The fraction of sp³-hybridized carbons (Fsp3) is 0.300. The quantitative estimate of drug-likeness (QED) is 0.775. The lowest BCUT2D eigenvalue weighted by atomic mass is 10.2. The van der Waals surface area contributed by atoms with E-state index in [-0.39, 0.29) is 5.75 Å². The number of benzene rings is 1. The van der Waals surface area contributed by atoms with Crippen LogP contribution in [0.1, 0.15) is 5.56 Å². The van der Waals surface area contributed by atoms with Crippen LogP contribution < -0.4 is 4.74 Å². The minimum Gasteiger partial charge on any atom is -0.406 e. The number of halogens is 3. The first-order chi connectivity index (χ1) is 7.01. The number of rotatable bonds is 4. The van der Waals surface area contributed by atoms with Gasteiger partial charge in [-0.2, -0.15) is 0 Å². The molecule has 0 aliphatic heterocycles. The highest BCUT2D eigenvalue weighted by atomic mass is 19.4. The van der Waals surface area contributed by atoms with Crippen LogP contribution in [0.15, 0.2) is 24.3 Å². The Hall–Kier alpha value is -1.23. The molecular formula is C10H10F3O2. The van der Waals surface area contributed by atoms with Gasteiger partial charge in [-0.15, -0.1) is 13.2 Å². The van der Waals surface area contributed by atoms with Crippen LogP contribution in [-0.2, 0) is 11.3 Å². The summed E-state index contributed by atoms with van der Waals surface area (Å²) in [6, 6.07) is 5.51. The molecule has 83 valence electrons. The zero-order chi connectivity index (χ0) is 11.3. The smallest absolute Gasteiger partial charge is 0.406 e. The zero-order valence-corrected chi connectivity index (χ0v) is 7.88. The summed E-state index contributed by atoms with van der Waals surface area (Å²) in [7, 11) is 0. The van der Waals surface area contributed by atoms with Gasteiger partial charge in [0.25, 0.3) is 0 Å². The van der Waals surface area contributed by atoms with Crippen LogP contribution in [0.5, 0.6) is 5.75 Å². The molecule has 1 aromatic carbocycles. The van der Waals surface area contributed by atoms with Gasteiger partial charge in [-0.25, -0.2) is 0 Å². The molecule has 0 unspecified atom stereocenters. The second-order valence-electron chi connectivity index (χ2n) is 2.74. The maximum Gasteiger partial charge on any atom is 0.573 e. The van der Waals surface area contributed by atoms with E-state index in [1.54, 1.807) is 0 Å². The molecule has 2 nitrogen and oxygen atoms in total. The van der Waals surface area contributed by atoms with E-state index in [0.29, 0.717) is 13.2 Å². The lowest BCUT2D eigenvalue weighted by molar-refractivity contribution is -0.274. The summed E-state index contributed by atoms with van der Waals surface area (Å²) in [5, 5.41) is 0. The highest BCUT2D eigenvalue weighted by molar-refractivity contribution is 5.26. The third-order valence-corrected chi connectivity index (χ3v) is 1.57. The van der Waals surface area contributed by atoms with E-state index in [4.69, 9.17) is 4.74 Å². The van der Waals surface area contributed by atoms with Crippen molar-refractivity contribution in [3.8, 4) is 5.75 Å². The van der Waals surface area contributed by atoms with Gasteiger partial charge in [-0.05, 0) is 24.6 Å². The van der Waals surface area contributed by atoms with E-state index in [1.165, 1.54) is 24.3 Å². The average Bonchev–Trinajstić information content (AvgIpc) is 2.14. The van der Waals surface area contributed by atoms with Gasteiger partial charge in [0.05, 0.1) is 6.61 Å². The molecule has 0 aromatic heterocycles. The van der Waals surface area contributed by atoms with Crippen LogP contribution in [-0.4, -0.2) is 13.0 Å². The summed E-state index contributed by atoms with van der Waals surface area (Å²) >= 11 is 0. The van der Waals surface area contributed by atoms with E-state index < -0.39 is 6.36 Å². The lowest BCUT2D eigenvalue weighted by Gasteiger charge is -2.09. The van der Waals surface area contributed by atoms with Gasteiger partial charge in [0.1, 0.15) is 5.75 Å². The van der Waals surface area contributed by atoms with Gasteiger partial charge in [0.15, 0.2) is 0 Å². The van der Waals surface area contributed by atoms with Crippen molar-refractivity contribution in [1.82, 2.24) is 0 Å². The predicted octanol–water partition coefficient (Wildman–Crippen LogP) is 2.94. The summed E-state index contributed by atoms with van der Waals surface area (Å²) in [6.45, 7) is 4.12. The Morgan fingerprint density at radius 1 is 1.13 bits per heavy atom. The minimum atomic E-state index is -4.65. The molecule has 0 heterocycles. The topological polar surface area (TPSA) is 18.5 Å². The number of hydrogen-bond donors (Lipinski definition) is 0. The van der Waals surface area contributed by atoms with E-state index in [0.717, 1.165) is 5.56 Å². The average molecular weight is 219 g/mol. The number of alkyl halides is 3. The van der Waals surface area contributed by atoms with Gasteiger partial charge >= 0.3 is 6.36 Å². The minimum absolute atomic E-state index is 0.235. The molecule has 0 amide bonds. The molecule has 5 heteroatoms. The molecule has 1 aromatic rings. The SMILES string of the molecule is [CH2]COCc1ccc(OC(F)(F)F)cc1. The van der Waals surface area contributed by atoms with Crippen LogP contribution in [0, 0.1) is 6.92 Å². The molecular weight excluding hydrogens is 209 g/mol. The Balaban J connectivity index is 2.56. The van der Waals surface area contributed by atoms with Gasteiger partial charge in [-0.1, -0.05) is 12.1 Å².